The highest BCUT2D eigenvalue weighted by Gasteiger charge is 2.57. The van der Waals surface area contributed by atoms with E-state index in [9.17, 15) is 15.0 Å². The molecule has 0 aromatic carbocycles. The maximum Gasteiger partial charge on any atom is 0.303 e. The lowest BCUT2D eigenvalue weighted by Gasteiger charge is -2.58. The van der Waals surface area contributed by atoms with E-state index in [1.54, 1.807) is 7.11 Å². The first kappa shape index (κ1) is 19.6. The Morgan fingerprint density at radius 3 is 2.73 bits per heavy atom. The summed E-state index contributed by atoms with van der Waals surface area (Å²) in [5.74, 6) is -0.257. The van der Waals surface area contributed by atoms with Gasteiger partial charge in [0, 0.05) is 25.4 Å². The zero-order chi connectivity index (χ0) is 18.7. The van der Waals surface area contributed by atoms with Crippen molar-refractivity contribution in [2.24, 2.45) is 17.8 Å². The van der Waals surface area contributed by atoms with Gasteiger partial charge in [0.15, 0.2) is 0 Å². The van der Waals surface area contributed by atoms with Crippen LogP contribution in [0.3, 0.4) is 0 Å². The van der Waals surface area contributed by atoms with Gasteiger partial charge in [0.05, 0.1) is 17.8 Å². The van der Waals surface area contributed by atoms with Crippen LogP contribution in [0.1, 0.15) is 57.8 Å². The Morgan fingerprint density at radius 2 is 2.08 bits per heavy atom. The number of carboxylic acids is 1. The minimum atomic E-state index is -0.787. The smallest absolute Gasteiger partial charge is 0.303 e. The minimum absolute atomic E-state index is 0.0172. The zero-order valence-corrected chi connectivity index (χ0v) is 15.6. The quantitative estimate of drug-likeness (QED) is 0.605. The number of allylic oxidation sites excluding steroid dienone is 1. The van der Waals surface area contributed by atoms with E-state index in [2.05, 4.69) is 0 Å². The number of hydrogen-bond donors (Lipinski definition) is 3. The number of aliphatic carboxylic acids is 1. The molecule has 0 amide bonds. The number of carboxylic acid groups (broad SMARTS) is 1. The van der Waals surface area contributed by atoms with Crippen LogP contribution in [0.25, 0.3) is 0 Å². The van der Waals surface area contributed by atoms with Gasteiger partial charge in [0.2, 0.25) is 0 Å². The second-order valence-corrected chi connectivity index (χ2v) is 8.17. The molecule has 3 fully saturated rings. The molecule has 3 rings (SSSR count). The average molecular weight is 364 g/mol. The Bertz CT molecular complexity index is 563. The molecule has 3 aliphatic rings. The fourth-order valence-corrected chi connectivity index (χ4v) is 5.27. The van der Waals surface area contributed by atoms with Gasteiger partial charge in [-0.15, -0.1) is 0 Å². The summed E-state index contributed by atoms with van der Waals surface area (Å²) in [5.41, 5.74) is 0.804. The first-order valence-corrected chi connectivity index (χ1v) is 9.99. The standard InChI is InChI=1S/C21H32O5/c1-26-21-12-11-19(23)16(9-10-18(22)14-5-2-3-6-14)17(21)13-15(21)7-4-8-20(24)25/h7,9-10,14,16-19,22-23H,2-6,8,11-13H2,1H3,(H,24,25)/b10-9+,15-7?/t16-,17-,18?,19-,21+/m0/s1. The van der Waals surface area contributed by atoms with E-state index >= 15 is 0 Å². The highest BCUT2D eigenvalue weighted by Crippen LogP contribution is 2.57. The summed E-state index contributed by atoms with van der Waals surface area (Å²) in [4.78, 5) is 10.7. The van der Waals surface area contributed by atoms with Gasteiger partial charge < -0.3 is 20.1 Å². The lowest BCUT2D eigenvalue weighted by atomic mass is 9.53. The van der Waals surface area contributed by atoms with E-state index in [0.29, 0.717) is 18.8 Å². The maximum atomic E-state index is 10.7. The largest absolute Gasteiger partial charge is 0.481 e. The molecule has 0 saturated heterocycles. The third kappa shape index (κ3) is 3.75. The molecular formula is C21H32O5. The first-order chi connectivity index (χ1) is 12.5. The van der Waals surface area contributed by atoms with E-state index in [1.165, 1.54) is 18.4 Å². The summed E-state index contributed by atoms with van der Waals surface area (Å²) in [5, 5.41) is 29.8. The molecular weight excluding hydrogens is 332 g/mol. The van der Waals surface area contributed by atoms with Gasteiger partial charge in [-0.2, -0.15) is 0 Å². The Kier molecular flexibility index (Phi) is 6.21. The van der Waals surface area contributed by atoms with Crippen LogP contribution in [0.15, 0.2) is 23.8 Å². The van der Waals surface area contributed by atoms with Crippen molar-refractivity contribution in [2.45, 2.75) is 75.6 Å². The van der Waals surface area contributed by atoms with Gasteiger partial charge in [-0.1, -0.05) is 31.1 Å². The molecule has 0 radical (unpaired) electrons. The summed E-state index contributed by atoms with van der Waals surface area (Å²) < 4.78 is 5.91. The lowest BCUT2D eigenvalue weighted by Crippen LogP contribution is -2.59. The summed E-state index contributed by atoms with van der Waals surface area (Å²) in [6.45, 7) is 0. The van der Waals surface area contributed by atoms with Crippen LogP contribution in [0.2, 0.25) is 0 Å². The van der Waals surface area contributed by atoms with Crippen molar-refractivity contribution in [3.63, 3.8) is 0 Å². The van der Waals surface area contributed by atoms with E-state index < -0.39 is 18.2 Å². The predicted molar refractivity (Wildman–Crippen MR) is 98.6 cm³/mol. The molecule has 5 nitrogen and oxygen atoms in total. The van der Waals surface area contributed by atoms with Crippen molar-refractivity contribution in [3.05, 3.63) is 23.8 Å². The third-order valence-corrected chi connectivity index (χ3v) is 6.83. The van der Waals surface area contributed by atoms with Gasteiger partial charge in [-0.3, -0.25) is 4.79 Å². The molecule has 26 heavy (non-hydrogen) atoms. The van der Waals surface area contributed by atoms with Crippen LogP contribution in [0, 0.1) is 17.8 Å². The zero-order valence-electron chi connectivity index (χ0n) is 15.6. The summed E-state index contributed by atoms with van der Waals surface area (Å²) in [7, 11) is 1.71. The van der Waals surface area contributed by atoms with Crippen molar-refractivity contribution >= 4 is 5.97 Å². The number of ether oxygens (including phenoxy) is 1. The van der Waals surface area contributed by atoms with Crippen LogP contribution in [-0.4, -0.2) is 46.2 Å². The summed E-state index contributed by atoms with van der Waals surface area (Å²) in [6.07, 6.45) is 12.6. The number of aliphatic hydroxyl groups excluding tert-OH is 2. The van der Waals surface area contributed by atoms with Crippen LogP contribution in [0.4, 0.5) is 0 Å². The van der Waals surface area contributed by atoms with E-state index in [-0.39, 0.29) is 23.9 Å². The van der Waals surface area contributed by atoms with E-state index in [4.69, 9.17) is 9.84 Å². The summed E-state index contributed by atoms with van der Waals surface area (Å²) in [6, 6.07) is 0. The SMILES string of the molecule is CO[C@@]12CC[C@H](O)[C@@H](/C=C/C(O)C3CCCC3)[C@@H]1CC2=CCCC(=O)O. The second kappa shape index (κ2) is 8.24. The predicted octanol–water partition coefficient (Wildman–Crippen LogP) is 3.06. The summed E-state index contributed by atoms with van der Waals surface area (Å²) >= 11 is 0. The molecule has 3 aliphatic carbocycles. The van der Waals surface area contributed by atoms with Crippen molar-refractivity contribution in [1.29, 1.82) is 0 Å². The van der Waals surface area contributed by atoms with Crippen molar-refractivity contribution in [2.75, 3.05) is 7.11 Å². The van der Waals surface area contributed by atoms with Crippen molar-refractivity contribution in [3.8, 4) is 0 Å². The van der Waals surface area contributed by atoms with Gasteiger partial charge in [0.1, 0.15) is 0 Å². The monoisotopic (exact) mass is 364 g/mol. The van der Waals surface area contributed by atoms with Crippen molar-refractivity contribution in [1.82, 2.24) is 0 Å². The van der Waals surface area contributed by atoms with Gasteiger partial charge in [-0.25, -0.2) is 0 Å². The molecule has 3 saturated carbocycles. The number of aliphatic hydroxyl groups is 2. The second-order valence-electron chi connectivity index (χ2n) is 8.17. The molecule has 0 spiro atoms. The lowest BCUT2D eigenvalue weighted by molar-refractivity contribution is -0.141. The number of methoxy groups -OCH3 is 1. The average Bonchev–Trinajstić information content (AvgIpc) is 3.13. The highest BCUT2D eigenvalue weighted by atomic mass is 16.5. The molecule has 3 N–H and O–H groups in total. The fraction of sp³-hybridized carbons (Fsp3) is 0.762. The van der Waals surface area contributed by atoms with Crippen LogP contribution in [-0.2, 0) is 9.53 Å². The van der Waals surface area contributed by atoms with Gasteiger partial charge in [-0.05, 0) is 50.0 Å². The molecule has 0 aliphatic heterocycles. The van der Waals surface area contributed by atoms with E-state index in [0.717, 1.165) is 25.7 Å². The number of hydrogen-bond acceptors (Lipinski definition) is 4. The number of fused-ring (bicyclic) bond motifs is 1. The Balaban J connectivity index is 1.68. The van der Waals surface area contributed by atoms with Crippen LogP contribution < -0.4 is 0 Å². The number of carbonyl (C=O) groups is 1. The molecule has 5 heteroatoms. The molecule has 5 atom stereocenters. The Hall–Kier alpha value is -1.17. The van der Waals surface area contributed by atoms with Gasteiger partial charge >= 0.3 is 5.97 Å². The maximum absolute atomic E-state index is 10.7. The molecule has 0 aromatic heterocycles. The van der Waals surface area contributed by atoms with Gasteiger partial charge in [0.25, 0.3) is 0 Å². The number of rotatable bonds is 7. The highest BCUT2D eigenvalue weighted by molar-refractivity contribution is 5.66. The molecule has 1 unspecified atom stereocenters. The van der Waals surface area contributed by atoms with Crippen LogP contribution in [0.5, 0.6) is 0 Å². The third-order valence-electron chi connectivity index (χ3n) is 6.83. The van der Waals surface area contributed by atoms with E-state index in [1.807, 2.05) is 18.2 Å². The molecule has 0 heterocycles. The molecule has 0 bridgehead atoms. The minimum Gasteiger partial charge on any atom is -0.481 e. The first-order valence-electron chi connectivity index (χ1n) is 9.99. The fourth-order valence-electron chi connectivity index (χ4n) is 5.27. The molecule has 146 valence electrons. The Labute approximate surface area is 155 Å². The van der Waals surface area contributed by atoms with Crippen LogP contribution >= 0.6 is 0 Å². The van der Waals surface area contributed by atoms with Crippen molar-refractivity contribution < 1.29 is 24.9 Å². The normalized spacial score (nSPS) is 37.7. The topological polar surface area (TPSA) is 87.0 Å². The Morgan fingerprint density at radius 1 is 1.35 bits per heavy atom. The molecule has 0 aromatic rings.